The summed E-state index contributed by atoms with van der Waals surface area (Å²) in [5.74, 6) is -2.66. The van der Waals surface area contributed by atoms with E-state index in [0.29, 0.717) is 23.2 Å². The van der Waals surface area contributed by atoms with Gasteiger partial charge in [-0.15, -0.1) is 0 Å². The van der Waals surface area contributed by atoms with E-state index in [2.05, 4.69) is 10.3 Å². The molecule has 34 heavy (non-hydrogen) atoms. The van der Waals surface area contributed by atoms with Crippen molar-refractivity contribution in [2.75, 3.05) is 0 Å². The number of alkyl halides is 3. The highest BCUT2D eigenvalue weighted by molar-refractivity contribution is 5.95. The summed E-state index contributed by atoms with van der Waals surface area (Å²) in [6.45, 7) is 6.82. The number of hydrogen-bond acceptors (Lipinski definition) is 2. The highest BCUT2D eigenvalue weighted by atomic mass is 19.4. The van der Waals surface area contributed by atoms with Crippen molar-refractivity contribution in [3.05, 3.63) is 105 Å². The number of allylic oxidation sites excluding steroid dienone is 1. The van der Waals surface area contributed by atoms with Crippen LogP contribution in [0.3, 0.4) is 0 Å². The normalized spacial score (nSPS) is 12.7. The molecule has 2 aromatic carbocycles. The van der Waals surface area contributed by atoms with Crippen molar-refractivity contribution in [1.29, 1.82) is 0 Å². The monoisotopic (exact) mass is 470 g/mol. The lowest BCUT2D eigenvalue weighted by Gasteiger charge is -2.19. The number of nitrogens with one attached hydrogen (secondary N) is 1. The van der Waals surface area contributed by atoms with Gasteiger partial charge in [0.05, 0.1) is 5.92 Å². The molecule has 0 aliphatic carbocycles. The van der Waals surface area contributed by atoms with Gasteiger partial charge in [0.15, 0.2) is 0 Å². The molecule has 3 rings (SSSR count). The largest absolute Gasteiger partial charge is 0.399 e. The summed E-state index contributed by atoms with van der Waals surface area (Å²) in [4.78, 5) is 16.8. The molecule has 0 saturated carbocycles. The quantitative estimate of drug-likeness (QED) is 0.405. The molecule has 1 N–H and O–H groups in total. The summed E-state index contributed by atoms with van der Waals surface area (Å²) in [5.41, 5.74) is 3.68. The van der Waals surface area contributed by atoms with E-state index in [0.717, 1.165) is 17.3 Å². The lowest BCUT2D eigenvalue weighted by molar-refractivity contribution is -0.139. The predicted octanol–water partition coefficient (Wildman–Crippen LogP) is 6.74. The van der Waals surface area contributed by atoms with Gasteiger partial charge in [-0.25, -0.2) is 4.39 Å². The fourth-order valence-corrected chi connectivity index (χ4v) is 3.70. The molecule has 178 valence electrons. The average Bonchev–Trinajstić information content (AvgIpc) is 2.76. The Bertz CT molecular complexity index is 1190. The molecule has 0 saturated heterocycles. The highest BCUT2D eigenvalue weighted by Crippen LogP contribution is 2.37. The number of hydrogen-bond donors (Lipinski definition) is 1. The van der Waals surface area contributed by atoms with Gasteiger partial charge in [0.1, 0.15) is 5.82 Å². The molecule has 0 aliphatic heterocycles. The number of pyridine rings is 1. The fraction of sp³-hybridized carbons (Fsp3) is 0.259. The standard InChI is InChI=1S/C27H26F4N2O/c1-16-11-20(7-9-23(16)26(34)33-15-21-6-5-19(4)32-14-21)8-10-24(27(29,30)31)22-12-17(2)25(28)18(3)13-22/h5-14,24H,15H2,1-4H3,(H,33,34)/b10-8+. The van der Waals surface area contributed by atoms with Crippen LogP contribution in [-0.4, -0.2) is 17.1 Å². The number of halogens is 4. The van der Waals surface area contributed by atoms with Crippen molar-refractivity contribution in [2.24, 2.45) is 0 Å². The zero-order valence-electron chi connectivity index (χ0n) is 19.4. The van der Waals surface area contributed by atoms with E-state index in [1.165, 1.54) is 32.1 Å². The van der Waals surface area contributed by atoms with E-state index in [1.54, 1.807) is 31.3 Å². The topological polar surface area (TPSA) is 42.0 Å². The van der Waals surface area contributed by atoms with Crippen molar-refractivity contribution in [2.45, 2.75) is 46.3 Å². The van der Waals surface area contributed by atoms with Gasteiger partial charge in [-0.1, -0.05) is 42.5 Å². The zero-order valence-corrected chi connectivity index (χ0v) is 19.4. The molecule has 3 nitrogen and oxygen atoms in total. The smallest absolute Gasteiger partial charge is 0.348 e. The Morgan fingerprint density at radius 1 is 1.00 bits per heavy atom. The van der Waals surface area contributed by atoms with Gasteiger partial charge < -0.3 is 5.32 Å². The van der Waals surface area contributed by atoms with Crippen LogP contribution in [0, 0.1) is 33.5 Å². The maximum Gasteiger partial charge on any atom is 0.399 e. The van der Waals surface area contributed by atoms with Crippen LogP contribution in [-0.2, 0) is 6.54 Å². The van der Waals surface area contributed by atoms with Gasteiger partial charge in [0, 0.05) is 24.0 Å². The number of benzene rings is 2. The molecule has 1 heterocycles. The minimum atomic E-state index is -4.53. The lowest BCUT2D eigenvalue weighted by Crippen LogP contribution is -2.23. The Hall–Kier alpha value is -3.48. The molecular formula is C27H26F4N2O. The SMILES string of the molecule is Cc1ccc(CNC(=O)c2ccc(/C=C/C(c3cc(C)c(F)c(C)c3)C(F)(F)F)cc2C)cn1. The molecule has 0 aliphatic rings. The summed E-state index contributed by atoms with van der Waals surface area (Å²) >= 11 is 0. The Kier molecular flexibility index (Phi) is 7.54. The number of aromatic nitrogens is 1. The predicted molar refractivity (Wildman–Crippen MR) is 125 cm³/mol. The van der Waals surface area contributed by atoms with E-state index < -0.39 is 17.9 Å². The number of aryl methyl sites for hydroxylation is 4. The number of nitrogens with zero attached hydrogens (tertiary/aromatic N) is 1. The van der Waals surface area contributed by atoms with Gasteiger partial charge in [-0.2, -0.15) is 13.2 Å². The van der Waals surface area contributed by atoms with Gasteiger partial charge in [0.2, 0.25) is 0 Å². The fourth-order valence-electron chi connectivity index (χ4n) is 3.70. The molecule has 1 aromatic heterocycles. The van der Waals surface area contributed by atoms with Crippen molar-refractivity contribution >= 4 is 12.0 Å². The van der Waals surface area contributed by atoms with Crippen molar-refractivity contribution < 1.29 is 22.4 Å². The molecule has 1 atom stereocenters. The second-order valence-electron chi connectivity index (χ2n) is 8.41. The first kappa shape index (κ1) is 25.1. The molecular weight excluding hydrogens is 444 g/mol. The van der Waals surface area contributed by atoms with Crippen LogP contribution in [0.1, 0.15) is 55.4 Å². The summed E-state index contributed by atoms with van der Waals surface area (Å²) in [5, 5.41) is 2.83. The lowest BCUT2D eigenvalue weighted by atomic mass is 9.93. The van der Waals surface area contributed by atoms with Crippen LogP contribution in [0.25, 0.3) is 6.08 Å². The third-order valence-corrected chi connectivity index (χ3v) is 5.57. The zero-order chi connectivity index (χ0) is 25.0. The third-order valence-electron chi connectivity index (χ3n) is 5.57. The van der Waals surface area contributed by atoms with E-state index >= 15 is 0 Å². The molecule has 3 aromatic rings. The van der Waals surface area contributed by atoms with Crippen molar-refractivity contribution in [1.82, 2.24) is 10.3 Å². The van der Waals surface area contributed by atoms with Crippen LogP contribution in [0.2, 0.25) is 0 Å². The maximum atomic E-state index is 13.9. The third kappa shape index (κ3) is 6.10. The Morgan fingerprint density at radius 2 is 1.68 bits per heavy atom. The van der Waals surface area contributed by atoms with Crippen LogP contribution >= 0.6 is 0 Å². The molecule has 0 spiro atoms. The Labute approximate surface area is 196 Å². The van der Waals surface area contributed by atoms with E-state index in [1.807, 2.05) is 19.1 Å². The molecule has 7 heteroatoms. The van der Waals surface area contributed by atoms with Gasteiger partial charge in [0.25, 0.3) is 5.91 Å². The van der Waals surface area contributed by atoms with Crippen LogP contribution < -0.4 is 5.32 Å². The summed E-state index contributed by atoms with van der Waals surface area (Å²) < 4.78 is 55.2. The first-order valence-corrected chi connectivity index (χ1v) is 10.8. The van der Waals surface area contributed by atoms with Gasteiger partial charge in [-0.3, -0.25) is 9.78 Å². The summed E-state index contributed by atoms with van der Waals surface area (Å²) in [7, 11) is 0. The second-order valence-corrected chi connectivity index (χ2v) is 8.41. The molecule has 0 bridgehead atoms. The second kappa shape index (κ2) is 10.2. The Balaban J connectivity index is 1.77. The van der Waals surface area contributed by atoms with Crippen LogP contribution in [0.15, 0.2) is 54.7 Å². The number of rotatable bonds is 6. The summed E-state index contributed by atoms with van der Waals surface area (Å²) in [6.07, 6.45) is -0.408. The molecule has 1 unspecified atom stereocenters. The minimum Gasteiger partial charge on any atom is -0.348 e. The number of carbonyl (C=O) groups excluding carboxylic acids is 1. The molecule has 0 fully saturated rings. The van der Waals surface area contributed by atoms with Gasteiger partial charge >= 0.3 is 6.18 Å². The molecule has 0 radical (unpaired) electrons. The maximum absolute atomic E-state index is 13.9. The van der Waals surface area contributed by atoms with E-state index in [9.17, 15) is 22.4 Å². The van der Waals surface area contributed by atoms with Crippen LogP contribution in [0.4, 0.5) is 17.6 Å². The van der Waals surface area contributed by atoms with Crippen molar-refractivity contribution in [3.8, 4) is 0 Å². The number of amides is 1. The molecule has 1 amide bonds. The number of carbonyl (C=O) groups is 1. The first-order valence-electron chi connectivity index (χ1n) is 10.8. The van der Waals surface area contributed by atoms with Gasteiger partial charge in [-0.05, 0) is 73.2 Å². The summed E-state index contributed by atoms with van der Waals surface area (Å²) in [6, 6.07) is 11.0. The van der Waals surface area contributed by atoms with Crippen LogP contribution in [0.5, 0.6) is 0 Å². The van der Waals surface area contributed by atoms with E-state index in [-0.39, 0.29) is 22.6 Å². The van der Waals surface area contributed by atoms with Crippen molar-refractivity contribution in [3.63, 3.8) is 0 Å². The Morgan fingerprint density at radius 3 is 2.24 bits per heavy atom. The first-order chi connectivity index (χ1) is 16.0. The minimum absolute atomic E-state index is 0.0153. The van der Waals surface area contributed by atoms with E-state index in [4.69, 9.17) is 0 Å². The average molecular weight is 471 g/mol. The highest BCUT2D eigenvalue weighted by Gasteiger charge is 2.39.